The van der Waals surface area contributed by atoms with Gasteiger partial charge in [-0.3, -0.25) is 4.79 Å². The van der Waals surface area contributed by atoms with E-state index in [1.165, 1.54) is 0 Å². The molecule has 0 aliphatic carbocycles. The molecule has 1 aromatic rings. The third-order valence-electron chi connectivity index (χ3n) is 2.07. The van der Waals surface area contributed by atoms with Gasteiger partial charge in [-0.2, -0.15) is 0 Å². The van der Waals surface area contributed by atoms with E-state index in [9.17, 15) is 4.79 Å². The van der Waals surface area contributed by atoms with Gasteiger partial charge in [-0.1, -0.05) is 40.5 Å². The Labute approximate surface area is 97.6 Å². The van der Waals surface area contributed by atoms with Crippen molar-refractivity contribution in [1.29, 1.82) is 0 Å². The standard InChI is InChI=1S/C11H12BrClO/c1-3-8-4-5-10(13)9(6-8)11(14)7(2)12/h4-7H,3H2,1-2H3. The lowest BCUT2D eigenvalue weighted by Gasteiger charge is -2.07. The van der Waals surface area contributed by atoms with E-state index in [1.54, 1.807) is 13.0 Å². The lowest BCUT2D eigenvalue weighted by molar-refractivity contribution is 0.0996. The Bertz CT molecular complexity index is 347. The summed E-state index contributed by atoms with van der Waals surface area (Å²) in [5.74, 6) is 0.0327. The highest BCUT2D eigenvalue weighted by molar-refractivity contribution is 9.10. The summed E-state index contributed by atoms with van der Waals surface area (Å²) < 4.78 is 0. The third-order valence-corrected chi connectivity index (χ3v) is 2.81. The van der Waals surface area contributed by atoms with Gasteiger partial charge in [-0.05, 0) is 31.0 Å². The molecule has 0 N–H and O–H groups in total. The van der Waals surface area contributed by atoms with Crippen molar-refractivity contribution in [3.05, 3.63) is 34.3 Å². The van der Waals surface area contributed by atoms with Crippen LogP contribution >= 0.6 is 27.5 Å². The van der Waals surface area contributed by atoms with Gasteiger partial charge in [0, 0.05) is 5.56 Å². The Kier molecular flexibility index (Phi) is 4.14. The molecule has 0 radical (unpaired) electrons. The quantitative estimate of drug-likeness (QED) is 0.604. The molecule has 0 aliphatic heterocycles. The number of alkyl halides is 1. The molecule has 76 valence electrons. The molecule has 3 heteroatoms. The van der Waals surface area contributed by atoms with Crippen LogP contribution in [0.25, 0.3) is 0 Å². The van der Waals surface area contributed by atoms with Crippen molar-refractivity contribution < 1.29 is 4.79 Å². The molecule has 0 heterocycles. The molecule has 0 saturated carbocycles. The first-order valence-electron chi connectivity index (χ1n) is 4.53. The molecule has 0 fully saturated rings. The summed E-state index contributed by atoms with van der Waals surface area (Å²) in [5, 5.41) is 0.526. The van der Waals surface area contributed by atoms with Crippen LogP contribution < -0.4 is 0 Å². The van der Waals surface area contributed by atoms with Gasteiger partial charge in [0.1, 0.15) is 0 Å². The fourth-order valence-corrected chi connectivity index (χ4v) is 1.65. The molecule has 0 bridgehead atoms. The van der Waals surface area contributed by atoms with Crippen LogP contribution in [0.3, 0.4) is 0 Å². The van der Waals surface area contributed by atoms with Gasteiger partial charge < -0.3 is 0 Å². The summed E-state index contributed by atoms with van der Waals surface area (Å²) in [6.07, 6.45) is 0.911. The van der Waals surface area contributed by atoms with Gasteiger partial charge >= 0.3 is 0 Å². The zero-order valence-electron chi connectivity index (χ0n) is 8.18. The minimum absolute atomic E-state index is 0.0327. The van der Waals surface area contributed by atoms with Crippen LogP contribution in [0.2, 0.25) is 5.02 Å². The molecule has 0 aromatic heterocycles. The Hall–Kier alpha value is -0.340. The molecule has 0 amide bonds. The van der Waals surface area contributed by atoms with E-state index >= 15 is 0 Å². The second kappa shape index (κ2) is 4.94. The van der Waals surface area contributed by atoms with Crippen LogP contribution in [0.5, 0.6) is 0 Å². The minimum Gasteiger partial charge on any atom is -0.293 e. The summed E-state index contributed by atoms with van der Waals surface area (Å²) in [7, 11) is 0. The number of hydrogen-bond acceptors (Lipinski definition) is 1. The molecule has 1 nitrogen and oxygen atoms in total. The minimum atomic E-state index is -0.188. The van der Waals surface area contributed by atoms with Crippen LogP contribution in [0.15, 0.2) is 18.2 Å². The second-order valence-electron chi connectivity index (χ2n) is 3.15. The van der Waals surface area contributed by atoms with E-state index in [2.05, 4.69) is 22.9 Å². The molecule has 0 spiro atoms. The Morgan fingerprint density at radius 2 is 2.21 bits per heavy atom. The van der Waals surface area contributed by atoms with E-state index < -0.39 is 0 Å². The van der Waals surface area contributed by atoms with Crippen LogP contribution in [0, 0.1) is 0 Å². The maximum absolute atomic E-state index is 11.7. The predicted molar refractivity (Wildman–Crippen MR) is 63.5 cm³/mol. The van der Waals surface area contributed by atoms with Crippen molar-refractivity contribution in [2.24, 2.45) is 0 Å². The molecule has 0 saturated heterocycles. The number of aryl methyl sites for hydroxylation is 1. The molecule has 1 rings (SSSR count). The average Bonchev–Trinajstić information content (AvgIpc) is 2.17. The monoisotopic (exact) mass is 274 g/mol. The normalized spacial score (nSPS) is 12.6. The number of rotatable bonds is 3. The highest BCUT2D eigenvalue weighted by Gasteiger charge is 2.15. The Morgan fingerprint density at radius 1 is 1.57 bits per heavy atom. The topological polar surface area (TPSA) is 17.1 Å². The molecule has 14 heavy (non-hydrogen) atoms. The van der Waals surface area contributed by atoms with Crippen LogP contribution in [-0.2, 0) is 6.42 Å². The molecule has 1 aromatic carbocycles. The van der Waals surface area contributed by atoms with Gasteiger partial charge in [0.25, 0.3) is 0 Å². The number of Topliss-reactive ketones (excluding diaryl/α,β-unsaturated/α-hetero) is 1. The van der Waals surface area contributed by atoms with Gasteiger partial charge in [0.15, 0.2) is 5.78 Å². The fraction of sp³-hybridized carbons (Fsp3) is 0.364. The number of ketones is 1. The van der Waals surface area contributed by atoms with E-state index in [1.807, 2.05) is 12.1 Å². The Morgan fingerprint density at radius 3 is 2.71 bits per heavy atom. The first kappa shape index (κ1) is 11.7. The lowest BCUT2D eigenvalue weighted by atomic mass is 10.0. The van der Waals surface area contributed by atoms with Crippen molar-refractivity contribution in [3.63, 3.8) is 0 Å². The van der Waals surface area contributed by atoms with Gasteiger partial charge in [-0.25, -0.2) is 0 Å². The van der Waals surface area contributed by atoms with E-state index in [0.717, 1.165) is 12.0 Å². The van der Waals surface area contributed by atoms with Crippen molar-refractivity contribution in [2.45, 2.75) is 25.1 Å². The maximum atomic E-state index is 11.7. The summed E-state index contributed by atoms with van der Waals surface area (Å²) in [4.78, 5) is 11.5. The SMILES string of the molecule is CCc1ccc(Cl)c(C(=O)C(C)Br)c1. The summed E-state index contributed by atoms with van der Waals surface area (Å²) >= 11 is 9.20. The highest BCUT2D eigenvalue weighted by Crippen LogP contribution is 2.21. The molecular weight excluding hydrogens is 263 g/mol. The molecule has 1 atom stereocenters. The van der Waals surface area contributed by atoms with E-state index in [0.29, 0.717) is 10.6 Å². The highest BCUT2D eigenvalue weighted by atomic mass is 79.9. The van der Waals surface area contributed by atoms with Crippen LogP contribution in [0.1, 0.15) is 29.8 Å². The number of halogens is 2. The van der Waals surface area contributed by atoms with Gasteiger partial charge in [-0.15, -0.1) is 0 Å². The summed E-state index contributed by atoms with van der Waals surface area (Å²) in [6.45, 7) is 3.85. The zero-order chi connectivity index (χ0) is 10.7. The maximum Gasteiger partial charge on any atom is 0.177 e. The molecule has 1 unspecified atom stereocenters. The van der Waals surface area contributed by atoms with Crippen molar-refractivity contribution in [1.82, 2.24) is 0 Å². The number of carbonyl (C=O) groups excluding carboxylic acids is 1. The molecule has 0 aliphatic rings. The predicted octanol–water partition coefficient (Wildman–Crippen LogP) is 3.87. The number of benzene rings is 1. The average molecular weight is 276 g/mol. The summed E-state index contributed by atoms with van der Waals surface area (Å²) in [5.41, 5.74) is 1.74. The lowest BCUT2D eigenvalue weighted by Crippen LogP contribution is -2.10. The van der Waals surface area contributed by atoms with Crippen LogP contribution in [0.4, 0.5) is 0 Å². The van der Waals surface area contributed by atoms with Crippen LogP contribution in [-0.4, -0.2) is 10.6 Å². The smallest absolute Gasteiger partial charge is 0.177 e. The fourth-order valence-electron chi connectivity index (χ4n) is 1.20. The Balaban J connectivity index is 3.12. The van der Waals surface area contributed by atoms with Gasteiger partial charge in [0.05, 0.1) is 9.85 Å². The van der Waals surface area contributed by atoms with Gasteiger partial charge in [0.2, 0.25) is 0 Å². The first-order chi connectivity index (χ1) is 6.56. The van der Waals surface area contributed by atoms with Crippen molar-refractivity contribution in [3.8, 4) is 0 Å². The van der Waals surface area contributed by atoms with Crippen molar-refractivity contribution in [2.75, 3.05) is 0 Å². The molecular formula is C11H12BrClO. The number of hydrogen-bond donors (Lipinski definition) is 0. The second-order valence-corrected chi connectivity index (χ2v) is 4.93. The van der Waals surface area contributed by atoms with Crippen molar-refractivity contribution >= 4 is 33.3 Å². The van der Waals surface area contributed by atoms with E-state index in [-0.39, 0.29) is 10.6 Å². The zero-order valence-corrected chi connectivity index (χ0v) is 10.5. The number of carbonyl (C=O) groups is 1. The third kappa shape index (κ3) is 2.58. The first-order valence-corrected chi connectivity index (χ1v) is 5.82. The largest absolute Gasteiger partial charge is 0.293 e. The summed E-state index contributed by atoms with van der Waals surface area (Å²) in [6, 6.07) is 5.59. The van der Waals surface area contributed by atoms with E-state index in [4.69, 9.17) is 11.6 Å².